The van der Waals surface area contributed by atoms with E-state index in [2.05, 4.69) is 0 Å². The summed E-state index contributed by atoms with van der Waals surface area (Å²) < 4.78 is 4.82. The van der Waals surface area contributed by atoms with Gasteiger partial charge in [0, 0.05) is 22.3 Å². The molecule has 1 aromatic carbocycles. The minimum absolute atomic E-state index is 0.227. The van der Waals surface area contributed by atoms with Gasteiger partial charge in [-0.05, 0) is 12.1 Å². The highest BCUT2D eigenvalue weighted by molar-refractivity contribution is 8.03. The van der Waals surface area contributed by atoms with Crippen molar-refractivity contribution in [3.63, 3.8) is 0 Å². The van der Waals surface area contributed by atoms with Crippen LogP contribution in [-0.2, 0) is 9.53 Å². The second-order valence-corrected chi connectivity index (χ2v) is 4.14. The van der Waals surface area contributed by atoms with E-state index in [0.717, 1.165) is 16.2 Å². The van der Waals surface area contributed by atoms with Gasteiger partial charge in [0.25, 0.3) is 0 Å². The van der Waals surface area contributed by atoms with Crippen molar-refractivity contribution in [1.82, 2.24) is 0 Å². The Morgan fingerprint density at radius 3 is 2.71 bits per heavy atom. The van der Waals surface area contributed by atoms with Crippen LogP contribution in [0.25, 0.3) is 0 Å². The molecule has 0 spiro atoms. The van der Waals surface area contributed by atoms with Crippen LogP contribution >= 0.6 is 11.8 Å². The maximum atomic E-state index is 11.0. The minimum Gasteiger partial charge on any atom is -0.462 e. The Balaban J connectivity index is 2.08. The first-order chi connectivity index (χ1) is 6.84. The Morgan fingerprint density at radius 2 is 2.00 bits per heavy atom. The highest BCUT2D eigenvalue weighted by Gasteiger charge is 2.11. The molecule has 0 amide bonds. The van der Waals surface area contributed by atoms with Gasteiger partial charge in [-0.3, -0.25) is 0 Å². The Hall–Kier alpha value is -1.22. The Labute approximate surface area is 87.0 Å². The summed E-state index contributed by atoms with van der Waals surface area (Å²) in [5.74, 6) is -0.227. The fraction of sp³-hybridized carbons (Fsp3) is 0.182. The number of carbonyl (C=O) groups is 1. The van der Waals surface area contributed by atoms with Crippen LogP contribution in [0.1, 0.15) is 6.42 Å². The van der Waals surface area contributed by atoms with Crippen molar-refractivity contribution in [1.29, 1.82) is 0 Å². The summed E-state index contributed by atoms with van der Waals surface area (Å²) in [5.41, 5.74) is 0. The first-order valence-electron chi connectivity index (χ1n) is 4.45. The zero-order chi connectivity index (χ0) is 9.80. The van der Waals surface area contributed by atoms with Gasteiger partial charge in [-0.15, -0.1) is 0 Å². The molecule has 14 heavy (non-hydrogen) atoms. The molecule has 0 N–H and O–H groups in total. The van der Waals surface area contributed by atoms with Gasteiger partial charge in [0.2, 0.25) is 0 Å². The van der Waals surface area contributed by atoms with Crippen molar-refractivity contribution < 1.29 is 9.53 Å². The van der Waals surface area contributed by atoms with Crippen molar-refractivity contribution in [2.75, 3.05) is 6.61 Å². The fourth-order valence-electron chi connectivity index (χ4n) is 1.22. The molecule has 72 valence electrons. The molecule has 0 saturated carbocycles. The van der Waals surface area contributed by atoms with Crippen molar-refractivity contribution in [2.24, 2.45) is 0 Å². The Kier molecular flexibility index (Phi) is 2.89. The van der Waals surface area contributed by atoms with Gasteiger partial charge < -0.3 is 4.74 Å². The summed E-state index contributed by atoms with van der Waals surface area (Å²) in [7, 11) is 0. The number of carbonyl (C=O) groups excluding carboxylic acids is 1. The van der Waals surface area contributed by atoms with Crippen LogP contribution in [0, 0.1) is 0 Å². The predicted octanol–water partition coefficient (Wildman–Crippen LogP) is 2.61. The third-order valence-corrected chi connectivity index (χ3v) is 2.96. The zero-order valence-corrected chi connectivity index (χ0v) is 8.42. The molecule has 1 aliphatic rings. The molecule has 0 atom stereocenters. The Morgan fingerprint density at radius 1 is 1.21 bits per heavy atom. The topological polar surface area (TPSA) is 26.3 Å². The normalized spacial score (nSPS) is 16.0. The summed E-state index contributed by atoms with van der Waals surface area (Å²) in [6.45, 7) is 0.504. The zero-order valence-electron chi connectivity index (χ0n) is 7.60. The molecule has 0 fully saturated rings. The van der Waals surface area contributed by atoms with Gasteiger partial charge >= 0.3 is 5.97 Å². The number of benzene rings is 1. The molecule has 0 bridgehead atoms. The van der Waals surface area contributed by atoms with Crippen LogP contribution in [0.5, 0.6) is 0 Å². The monoisotopic (exact) mass is 206 g/mol. The lowest BCUT2D eigenvalue weighted by Crippen LogP contribution is -2.09. The van der Waals surface area contributed by atoms with Crippen molar-refractivity contribution in [3.05, 3.63) is 41.3 Å². The van der Waals surface area contributed by atoms with E-state index in [-0.39, 0.29) is 5.97 Å². The molecular weight excluding hydrogens is 196 g/mol. The van der Waals surface area contributed by atoms with Crippen LogP contribution in [0.3, 0.4) is 0 Å². The van der Waals surface area contributed by atoms with Crippen molar-refractivity contribution >= 4 is 17.7 Å². The first-order valence-corrected chi connectivity index (χ1v) is 5.26. The summed E-state index contributed by atoms with van der Waals surface area (Å²) in [4.78, 5) is 13.2. The van der Waals surface area contributed by atoms with Crippen molar-refractivity contribution in [2.45, 2.75) is 11.3 Å². The number of ether oxygens (including phenoxy) is 1. The average molecular weight is 206 g/mol. The van der Waals surface area contributed by atoms with Crippen LogP contribution in [0.4, 0.5) is 0 Å². The van der Waals surface area contributed by atoms with E-state index >= 15 is 0 Å². The number of thioether (sulfide) groups is 1. The number of hydrogen-bond acceptors (Lipinski definition) is 3. The van der Waals surface area contributed by atoms with Crippen molar-refractivity contribution in [3.8, 4) is 0 Å². The van der Waals surface area contributed by atoms with Crippen LogP contribution in [-0.4, -0.2) is 12.6 Å². The molecule has 0 unspecified atom stereocenters. The highest BCUT2D eigenvalue weighted by Crippen LogP contribution is 2.29. The van der Waals surface area contributed by atoms with E-state index in [1.807, 2.05) is 30.3 Å². The van der Waals surface area contributed by atoms with Gasteiger partial charge in [-0.1, -0.05) is 30.0 Å². The molecule has 0 aromatic heterocycles. The molecular formula is C11H10O2S. The third kappa shape index (κ3) is 2.39. The second kappa shape index (κ2) is 4.33. The molecule has 1 heterocycles. The first kappa shape index (κ1) is 9.34. The molecule has 3 heteroatoms. The SMILES string of the molecule is O=C1C=C(Sc2ccccc2)CCO1. The molecule has 1 aromatic rings. The predicted molar refractivity (Wildman–Crippen MR) is 56.0 cm³/mol. The van der Waals surface area contributed by atoms with Crippen LogP contribution in [0.15, 0.2) is 46.2 Å². The highest BCUT2D eigenvalue weighted by atomic mass is 32.2. The molecule has 0 radical (unpaired) electrons. The van der Waals surface area contributed by atoms with Gasteiger partial charge in [0.15, 0.2) is 0 Å². The summed E-state index contributed by atoms with van der Waals surface area (Å²) >= 11 is 1.63. The molecule has 2 rings (SSSR count). The van der Waals surface area contributed by atoms with E-state index in [9.17, 15) is 4.79 Å². The number of rotatable bonds is 2. The number of cyclic esters (lactones) is 1. The second-order valence-electron chi connectivity index (χ2n) is 2.94. The van der Waals surface area contributed by atoms with E-state index in [0.29, 0.717) is 6.61 Å². The lowest BCUT2D eigenvalue weighted by atomic mass is 10.3. The van der Waals surface area contributed by atoms with Crippen LogP contribution in [0.2, 0.25) is 0 Å². The fourth-order valence-corrected chi connectivity index (χ4v) is 2.15. The summed E-state index contributed by atoms with van der Waals surface area (Å²) in [6.07, 6.45) is 2.40. The largest absolute Gasteiger partial charge is 0.462 e. The average Bonchev–Trinajstić information content (AvgIpc) is 2.19. The van der Waals surface area contributed by atoms with Gasteiger partial charge in [-0.2, -0.15) is 0 Å². The Bertz CT molecular complexity index is 357. The molecule has 1 aliphatic heterocycles. The van der Waals surface area contributed by atoms with E-state index in [4.69, 9.17) is 4.74 Å². The quantitative estimate of drug-likeness (QED) is 0.696. The number of hydrogen-bond donors (Lipinski definition) is 0. The van der Waals surface area contributed by atoms with E-state index < -0.39 is 0 Å². The van der Waals surface area contributed by atoms with Gasteiger partial charge in [-0.25, -0.2) is 4.79 Å². The standard InChI is InChI=1S/C11H10O2S/c12-11-8-10(6-7-13-11)14-9-4-2-1-3-5-9/h1-5,8H,6-7H2. The molecule has 0 saturated heterocycles. The number of esters is 1. The molecule has 0 aliphatic carbocycles. The van der Waals surface area contributed by atoms with Crippen LogP contribution < -0.4 is 0 Å². The summed E-state index contributed by atoms with van der Waals surface area (Å²) in [5, 5.41) is 0. The lowest BCUT2D eigenvalue weighted by molar-refractivity contribution is -0.138. The maximum Gasteiger partial charge on any atom is 0.331 e. The lowest BCUT2D eigenvalue weighted by Gasteiger charge is -2.12. The molecule has 2 nitrogen and oxygen atoms in total. The minimum atomic E-state index is -0.227. The third-order valence-electron chi connectivity index (χ3n) is 1.86. The van der Waals surface area contributed by atoms with E-state index in [1.54, 1.807) is 17.8 Å². The smallest absolute Gasteiger partial charge is 0.331 e. The van der Waals surface area contributed by atoms with E-state index in [1.165, 1.54) is 0 Å². The van der Waals surface area contributed by atoms with Gasteiger partial charge in [0.1, 0.15) is 0 Å². The maximum absolute atomic E-state index is 11.0. The van der Waals surface area contributed by atoms with Gasteiger partial charge in [0.05, 0.1) is 6.61 Å². The summed E-state index contributed by atoms with van der Waals surface area (Å²) in [6, 6.07) is 10.0.